The molecule has 0 saturated heterocycles. The summed E-state index contributed by atoms with van der Waals surface area (Å²) >= 11 is 11.6. The van der Waals surface area contributed by atoms with Crippen molar-refractivity contribution in [2.45, 2.75) is 0 Å². The average Bonchev–Trinajstić information content (AvgIpc) is 3.01. The molecule has 25 heavy (non-hydrogen) atoms. The molecule has 4 aromatic rings. The van der Waals surface area contributed by atoms with Crippen LogP contribution in [0.3, 0.4) is 0 Å². The highest BCUT2D eigenvalue weighted by atomic mass is 35.5. The fourth-order valence-electron chi connectivity index (χ4n) is 2.70. The molecule has 0 radical (unpaired) electrons. The Morgan fingerprint density at radius 2 is 1.76 bits per heavy atom. The number of aromatic nitrogens is 3. The van der Waals surface area contributed by atoms with E-state index >= 15 is 0 Å². The van der Waals surface area contributed by atoms with Gasteiger partial charge in [-0.15, -0.1) is 0 Å². The van der Waals surface area contributed by atoms with E-state index < -0.39 is 0 Å². The third kappa shape index (κ3) is 2.99. The van der Waals surface area contributed by atoms with Gasteiger partial charge in [-0.05, 0) is 35.1 Å². The predicted octanol–water partition coefficient (Wildman–Crippen LogP) is 5.30. The van der Waals surface area contributed by atoms with Crippen LogP contribution >= 0.6 is 23.8 Å². The molecule has 4 rings (SSSR count). The molecule has 3 aromatic carbocycles. The van der Waals surface area contributed by atoms with Crippen molar-refractivity contribution in [2.75, 3.05) is 0 Å². The summed E-state index contributed by atoms with van der Waals surface area (Å²) in [6.45, 7) is 0. The average molecular weight is 365 g/mol. The topological polar surface area (TPSA) is 46.0 Å². The highest BCUT2D eigenvalue weighted by molar-refractivity contribution is 7.71. The Kier molecular flexibility index (Phi) is 4.17. The number of hydrogen-bond donors (Lipinski definition) is 1. The van der Waals surface area contributed by atoms with Crippen molar-refractivity contribution in [3.8, 4) is 11.4 Å². The van der Waals surface area contributed by atoms with Crippen LogP contribution in [0.1, 0.15) is 5.56 Å². The van der Waals surface area contributed by atoms with Crippen molar-refractivity contribution in [3.05, 3.63) is 82.1 Å². The molecule has 1 heterocycles. The van der Waals surface area contributed by atoms with Crippen LogP contribution in [0.2, 0.25) is 5.02 Å². The lowest BCUT2D eigenvalue weighted by molar-refractivity contribution is 0.872. The molecule has 0 aliphatic rings. The van der Waals surface area contributed by atoms with Gasteiger partial charge < -0.3 is 0 Å². The van der Waals surface area contributed by atoms with Gasteiger partial charge >= 0.3 is 0 Å². The Morgan fingerprint density at radius 3 is 2.64 bits per heavy atom. The monoisotopic (exact) mass is 364 g/mol. The lowest BCUT2D eigenvalue weighted by atomic mass is 10.1. The Bertz CT molecular complexity index is 1140. The molecule has 0 unspecified atom stereocenters. The van der Waals surface area contributed by atoms with Crippen molar-refractivity contribution in [2.24, 2.45) is 5.10 Å². The third-order valence-corrected chi connectivity index (χ3v) is 4.49. The number of nitrogens with one attached hydrogen (secondary N) is 1. The molecule has 1 aromatic heterocycles. The summed E-state index contributed by atoms with van der Waals surface area (Å²) in [6, 6.07) is 21.7. The number of aromatic amines is 1. The molecular formula is C19H13ClN4S. The largest absolute Gasteiger partial charge is 0.250 e. The highest BCUT2D eigenvalue weighted by Gasteiger charge is 2.11. The molecule has 4 nitrogen and oxygen atoms in total. The summed E-state index contributed by atoms with van der Waals surface area (Å²) in [7, 11) is 0. The van der Waals surface area contributed by atoms with Gasteiger partial charge in [0, 0.05) is 11.1 Å². The van der Waals surface area contributed by atoms with E-state index in [0.717, 1.165) is 21.9 Å². The van der Waals surface area contributed by atoms with Crippen molar-refractivity contribution >= 4 is 40.8 Å². The molecule has 0 spiro atoms. The van der Waals surface area contributed by atoms with Gasteiger partial charge in [0.1, 0.15) is 0 Å². The van der Waals surface area contributed by atoms with Crippen LogP contribution in [0, 0.1) is 4.77 Å². The minimum atomic E-state index is 0.409. The Morgan fingerprint density at radius 1 is 1.00 bits per heavy atom. The van der Waals surface area contributed by atoms with Gasteiger partial charge in [-0.3, -0.25) is 0 Å². The maximum atomic E-state index is 6.28. The van der Waals surface area contributed by atoms with Gasteiger partial charge in [-0.1, -0.05) is 66.2 Å². The number of benzene rings is 3. The van der Waals surface area contributed by atoms with Crippen LogP contribution in [-0.4, -0.2) is 21.1 Å². The molecule has 122 valence electrons. The fourth-order valence-corrected chi connectivity index (χ4v) is 3.10. The molecule has 0 aliphatic carbocycles. The first-order valence-electron chi connectivity index (χ1n) is 7.68. The van der Waals surface area contributed by atoms with Crippen LogP contribution in [0.5, 0.6) is 0 Å². The van der Waals surface area contributed by atoms with E-state index in [1.807, 2.05) is 48.5 Å². The summed E-state index contributed by atoms with van der Waals surface area (Å²) in [5, 5.41) is 14.5. The Hall–Kier alpha value is -2.76. The maximum Gasteiger partial charge on any atom is 0.216 e. The van der Waals surface area contributed by atoms with E-state index in [0.29, 0.717) is 15.6 Å². The van der Waals surface area contributed by atoms with Gasteiger partial charge in [0.15, 0.2) is 5.82 Å². The van der Waals surface area contributed by atoms with E-state index in [4.69, 9.17) is 23.8 Å². The molecule has 0 atom stereocenters. The smallest absolute Gasteiger partial charge is 0.216 e. The molecule has 0 amide bonds. The third-order valence-electron chi connectivity index (χ3n) is 3.90. The van der Waals surface area contributed by atoms with Gasteiger partial charge in [0.2, 0.25) is 4.77 Å². The first-order chi connectivity index (χ1) is 12.2. The van der Waals surface area contributed by atoms with Crippen LogP contribution in [0.15, 0.2) is 71.8 Å². The normalized spacial score (nSPS) is 11.4. The van der Waals surface area contributed by atoms with E-state index in [1.165, 1.54) is 0 Å². The van der Waals surface area contributed by atoms with Gasteiger partial charge in [-0.25, -0.2) is 5.10 Å². The fraction of sp³-hybridized carbons (Fsp3) is 0. The second-order valence-electron chi connectivity index (χ2n) is 5.46. The summed E-state index contributed by atoms with van der Waals surface area (Å²) in [5.41, 5.74) is 1.78. The number of fused-ring (bicyclic) bond motifs is 1. The Labute approximate surface area is 154 Å². The lowest BCUT2D eigenvalue weighted by Gasteiger charge is -2.04. The van der Waals surface area contributed by atoms with Crippen molar-refractivity contribution < 1.29 is 0 Å². The van der Waals surface area contributed by atoms with Crippen LogP contribution in [0.4, 0.5) is 0 Å². The number of hydrogen-bond acceptors (Lipinski definition) is 3. The maximum absolute atomic E-state index is 6.28. The number of H-pyrrole nitrogens is 1. The van der Waals surface area contributed by atoms with Crippen molar-refractivity contribution in [1.82, 2.24) is 14.9 Å². The zero-order valence-electron chi connectivity index (χ0n) is 13.1. The molecule has 0 saturated carbocycles. The SMILES string of the molecule is S=c1[nH]nc(-c2ccccc2Cl)n1N=Cc1cccc2ccccc12. The molecular weight excluding hydrogens is 352 g/mol. The molecule has 1 N–H and O–H groups in total. The lowest BCUT2D eigenvalue weighted by Crippen LogP contribution is -1.96. The summed E-state index contributed by atoms with van der Waals surface area (Å²) in [5.74, 6) is 0.576. The van der Waals surface area contributed by atoms with Crippen LogP contribution < -0.4 is 0 Å². The first kappa shape index (κ1) is 15.7. The quantitative estimate of drug-likeness (QED) is 0.396. The van der Waals surface area contributed by atoms with Gasteiger partial charge in [0.25, 0.3) is 0 Å². The van der Waals surface area contributed by atoms with E-state index in [2.05, 4.69) is 33.5 Å². The standard InChI is InChI=1S/C19H13ClN4S/c20-17-11-4-3-10-16(17)18-22-23-19(25)24(18)21-12-14-8-5-7-13-6-1-2-9-15(13)14/h1-12H,(H,23,25). The van der Waals surface area contributed by atoms with Crippen LogP contribution in [0.25, 0.3) is 22.2 Å². The van der Waals surface area contributed by atoms with E-state index in [9.17, 15) is 0 Å². The van der Waals surface area contributed by atoms with Crippen molar-refractivity contribution in [3.63, 3.8) is 0 Å². The number of nitrogens with zero attached hydrogens (tertiary/aromatic N) is 3. The Balaban J connectivity index is 1.82. The minimum absolute atomic E-state index is 0.409. The van der Waals surface area contributed by atoms with Crippen LogP contribution in [-0.2, 0) is 0 Å². The second kappa shape index (κ2) is 6.63. The van der Waals surface area contributed by atoms with Gasteiger partial charge in [0.05, 0.1) is 11.2 Å². The van der Waals surface area contributed by atoms with E-state index in [-0.39, 0.29) is 0 Å². The van der Waals surface area contributed by atoms with Gasteiger partial charge in [-0.2, -0.15) is 14.9 Å². The summed E-state index contributed by atoms with van der Waals surface area (Å²) in [6.07, 6.45) is 1.79. The summed E-state index contributed by atoms with van der Waals surface area (Å²) in [4.78, 5) is 0. The zero-order valence-corrected chi connectivity index (χ0v) is 14.6. The number of halogens is 1. The highest BCUT2D eigenvalue weighted by Crippen LogP contribution is 2.26. The predicted molar refractivity (Wildman–Crippen MR) is 105 cm³/mol. The first-order valence-corrected chi connectivity index (χ1v) is 8.47. The zero-order chi connectivity index (χ0) is 17.2. The number of rotatable bonds is 3. The minimum Gasteiger partial charge on any atom is -0.250 e. The molecule has 0 fully saturated rings. The van der Waals surface area contributed by atoms with E-state index in [1.54, 1.807) is 10.9 Å². The molecule has 0 aliphatic heterocycles. The summed E-state index contributed by atoms with van der Waals surface area (Å²) < 4.78 is 1.99. The van der Waals surface area contributed by atoms with Crippen molar-refractivity contribution in [1.29, 1.82) is 0 Å². The molecule has 6 heteroatoms. The molecule has 0 bridgehead atoms. The second-order valence-corrected chi connectivity index (χ2v) is 6.25.